The number of hydrogen-bond donors (Lipinski definition) is 1. The molecule has 1 aliphatic heterocycles. The zero-order chi connectivity index (χ0) is 16.8. The van der Waals surface area contributed by atoms with Crippen LogP contribution in [0.2, 0.25) is 0 Å². The van der Waals surface area contributed by atoms with Gasteiger partial charge in [-0.3, -0.25) is 9.59 Å². The van der Waals surface area contributed by atoms with Crippen molar-refractivity contribution in [3.8, 4) is 0 Å². The molecule has 0 radical (unpaired) electrons. The first-order valence-corrected chi connectivity index (χ1v) is 8.16. The first-order chi connectivity index (χ1) is 11.1. The molecule has 0 bridgehead atoms. The zero-order valence-corrected chi connectivity index (χ0v) is 13.8. The smallest absolute Gasteiger partial charge is 0.305 e. The first kappa shape index (κ1) is 17.5. The van der Waals surface area contributed by atoms with Crippen LogP contribution in [0, 0.1) is 0 Å². The van der Waals surface area contributed by atoms with Gasteiger partial charge in [0, 0.05) is 19.7 Å². The lowest BCUT2D eigenvalue weighted by atomic mass is 9.92. The van der Waals surface area contributed by atoms with Crippen LogP contribution in [0.15, 0.2) is 30.3 Å². The summed E-state index contributed by atoms with van der Waals surface area (Å²) in [6, 6.07) is 9.45. The van der Waals surface area contributed by atoms with Crippen LogP contribution >= 0.6 is 0 Å². The van der Waals surface area contributed by atoms with Crippen molar-refractivity contribution in [2.75, 3.05) is 13.7 Å². The fourth-order valence-electron chi connectivity index (χ4n) is 3.32. The summed E-state index contributed by atoms with van der Waals surface area (Å²) in [6.07, 6.45) is 2.13. The normalized spacial score (nSPS) is 22.1. The Morgan fingerprint density at radius 3 is 2.61 bits per heavy atom. The minimum absolute atomic E-state index is 0.0175. The summed E-state index contributed by atoms with van der Waals surface area (Å²) in [5.74, 6) is -1.08. The topological polar surface area (TPSA) is 66.8 Å². The van der Waals surface area contributed by atoms with Crippen molar-refractivity contribution >= 4 is 11.9 Å². The second-order valence-corrected chi connectivity index (χ2v) is 6.09. The van der Waals surface area contributed by atoms with Gasteiger partial charge in [0.2, 0.25) is 5.91 Å². The van der Waals surface area contributed by atoms with Crippen LogP contribution in [0.5, 0.6) is 0 Å². The Morgan fingerprint density at radius 1 is 1.35 bits per heavy atom. The molecule has 0 spiro atoms. The number of hydrogen-bond acceptors (Lipinski definition) is 3. The monoisotopic (exact) mass is 319 g/mol. The van der Waals surface area contributed by atoms with Gasteiger partial charge in [-0.2, -0.15) is 0 Å². The number of ether oxygens (including phenoxy) is 1. The second-order valence-electron chi connectivity index (χ2n) is 6.09. The summed E-state index contributed by atoms with van der Waals surface area (Å²) < 4.78 is 5.36. The molecule has 0 aliphatic carbocycles. The molecule has 1 fully saturated rings. The maximum absolute atomic E-state index is 13.1. The number of rotatable bonds is 7. The van der Waals surface area contributed by atoms with Gasteiger partial charge in [0.25, 0.3) is 0 Å². The average molecular weight is 319 g/mol. The van der Waals surface area contributed by atoms with Crippen molar-refractivity contribution in [2.24, 2.45) is 0 Å². The van der Waals surface area contributed by atoms with Crippen molar-refractivity contribution in [2.45, 2.75) is 50.7 Å². The number of carboxylic acid groups (broad SMARTS) is 1. The highest BCUT2D eigenvalue weighted by Gasteiger charge is 2.39. The summed E-state index contributed by atoms with van der Waals surface area (Å²) in [5.41, 5.74) is 0.995. The maximum Gasteiger partial charge on any atom is 0.305 e. The van der Waals surface area contributed by atoms with Gasteiger partial charge >= 0.3 is 5.97 Å². The SMILES string of the molecule is CCCC(C(=O)N1CC(OC)CC1CC(=O)O)c1ccccc1. The fourth-order valence-corrected chi connectivity index (χ4v) is 3.32. The highest BCUT2D eigenvalue weighted by molar-refractivity contribution is 5.85. The van der Waals surface area contributed by atoms with E-state index in [-0.39, 0.29) is 30.4 Å². The van der Waals surface area contributed by atoms with Gasteiger partial charge in [0.1, 0.15) is 0 Å². The van der Waals surface area contributed by atoms with Crippen LogP contribution in [0.25, 0.3) is 0 Å². The maximum atomic E-state index is 13.1. The van der Waals surface area contributed by atoms with Crippen molar-refractivity contribution in [1.29, 1.82) is 0 Å². The lowest BCUT2D eigenvalue weighted by molar-refractivity contribution is -0.140. The molecule has 1 amide bonds. The summed E-state index contributed by atoms with van der Waals surface area (Å²) in [5, 5.41) is 9.11. The third-order valence-electron chi connectivity index (χ3n) is 4.48. The summed E-state index contributed by atoms with van der Waals surface area (Å²) >= 11 is 0. The molecule has 2 rings (SSSR count). The summed E-state index contributed by atoms with van der Waals surface area (Å²) in [4.78, 5) is 25.9. The van der Waals surface area contributed by atoms with E-state index in [1.54, 1.807) is 12.0 Å². The van der Waals surface area contributed by atoms with Crippen LogP contribution in [0.4, 0.5) is 0 Å². The number of carbonyl (C=O) groups excluding carboxylic acids is 1. The average Bonchev–Trinajstić information content (AvgIpc) is 2.95. The molecule has 1 N–H and O–H groups in total. The van der Waals surface area contributed by atoms with E-state index >= 15 is 0 Å². The Balaban J connectivity index is 2.21. The van der Waals surface area contributed by atoms with Crippen LogP contribution in [0.1, 0.15) is 44.1 Å². The van der Waals surface area contributed by atoms with Crippen molar-refractivity contribution < 1.29 is 19.4 Å². The molecule has 5 nitrogen and oxygen atoms in total. The predicted octanol–water partition coefficient (Wildman–Crippen LogP) is 2.66. The van der Waals surface area contributed by atoms with Crippen molar-refractivity contribution in [3.63, 3.8) is 0 Å². The van der Waals surface area contributed by atoms with Gasteiger partial charge < -0.3 is 14.7 Å². The summed E-state index contributed by atoms with van der Waals surface area (Å²) in [6.45, 7) is 2.53. The Bertz CT molecular complexity index is 531. The fraction of sp³-hybridized carbons (Fsp3) is 0.556. The predicted molar refractivity (Wildman–Crippen MR) is 87.3 cm³/mol. The number of benzene rings is 1. The lowest BCUT2D eigenvalue weighted by Crippen LogP contribution is -2.40. The zero-order valence-electron chi connectivity index (χ0n) is 13.8. The van der Waals surface area contributed by atoms with E-state index in [1.165, 1.54) is 0 Å². The minimum Gasteiger partial charge on any atom is -0.481 e. The highest BCUT2D eigenvalue weighted by atomic mass is 16.5. The molecule has 23 heavy (non-hydrogen) atoms. The quantitative estimate of drug-likeness (QED) is 0.839. The molecular formula is C18H25NO4. The van der Waals surface area contributed by atoms with Crippen molar-refractivity contribution in [1.82, 2.24) is 4.90 Å². The van der Waals surface area contributed by atoms with Crippen LogP contribution < -0.4 is 0 Å². The molecule has 1 aliphatic rings. The molecule has 126 valence electrons. The Hall–Kier alpha value is -1.88. The van der Waals surface area contributed by atoms with E-state index in [1.807, 2.05) is 30.3 Å². The number of carboxylic acids is 1. The Labute approximate surface area is 137 Å². The van der Waals surface area contributed by atoms with E-state index in [0.717, 1.165) is 18.4 Å². The third-order valence-corrected chi connectivity index (χ3v) is 4.48. The first-order valence-electron chi connectivity index (χ1n) is 8.16. The van der Waals surface area contributed by atoms with E-state index in [0.29, 0.717) is 13.0 Å². The van der Waals surface area contributed by atoms with E-state index < -0.39 is 5.97 Å². The Morgan fingerprint density at radius 2 is 2.04 bits per heavy atom. The van der Waals surface area contributed by atoms with Gasteiger partial charge in [-0.15, -0.1) is 0 Å². The van der Waals surface area contributed by atoms with Crippen molar-refractivity contribution in [3.05, 3.63) is 35.9 Å². The highest BCUT2D eigenvalue weighted by Crippen LogP contribution is 2.30. The third kappa shape index (κ3) is 4.32. The number of amides is 1. The molecule has 0 saturated carbocycles. The molecule has 3 atom stereocenters. The van der Waals surface area contributed by atoms with Crippen LogP contribution in [-0.4, -0.2) is 47.7 Å². The number of methoxy groups -OCH3 is 1. The van der Waals surface area contributed by atoms with Crippen LogP contribution in [0.3, 0.4) is 0 Å². The standard InChI is InChI=1S/C18H25NO4/c1-3-7-16(13-8-5-4-6-9-13)18(22)19-12-15(23-2)10-14(19)11-17(20)21/h4-6,8-9,14-16H,3,7,10-12H2,1-2H3,(H,20,21). The molecule has 5 heteroatoms. The molecular weight excluding hydrogens is 294 g/mol. The van der Waals surface area contributed by atoms with Gasteiger partial charge in [0.15, 0.2) is 0 Å². The minimum atomic E-state index is -0.878. The molecule has 1 heterocycles. The number of nitrogens with zero attached hydrogens (tertiary/aromatic N) is 1. The van der Waals surface area contributed by atoms with E-state index in [2.05, 4.69) is 6.92 Å². The van der Waals surface area contributed by atoms with Gasteiger partial charge in [0.05, 0.1) is 18.4 Å². The largest absolute Gasteiger partial charge is 0.481 e. The van der Waals surface area contributed by atoms with Gasteiger partial charge in [-0.1, -0.05) is 43.7 Å². The van der Waals surface area contributed by atoms with Gasteiger partial charge in [-0.25, -0.2) is 0 Å². The molecule has 0 aromatic heterocycles. The number of aliphatic carboxylic acids is 1. The summed E-state index contributed by atoms with van der Waals surface area (Å²) in [7, 11) is 1.61. The van der Waals surface area contributed by atoms with E-state index in [9.17, 15) is 9.59 Å². The molecule has 3 unspecified atom stereocenters. The molecule has 1 saturated heterocycles. The van der Waals surface area contributed by atoms with Crippen LogP contribution in [-0.2, 0) is 14.3 Å². The number of likely N-dealkylation sites (tertiary alicyclic amines) is 1. The Kier molecular flexibility index (Phi) is 6.16. The molecule has 1 aromatic carbocycles. The lowest BCUT2D eigenvalue weighted by Gasteiger charge is -2.28. The van der Waals surface area contributed by atoms with E-state index in [4.69, 9.17) is 9.84 Å². The number of carbonyl (C=O) groups is 2. The second kappa shape index (κ2) is 8.11. The van der Waals surface area contributed by atoms with Gasteiger partial charge in [-0.05, 0) is 18.4 Å². The molecule has 1 aromatic rings.